The molecule has 0 amide bonds. The second-order valence-electron chi connectivity index (χ2n) is 6.47. The maximum absolute atomic E-state index is 5.76. The van der Waals surface area contributed by atoms with E-state index in [1.807, 2.05) is 0 Å². The number of ether oxygens (including phenoxy) is 1. The van der Waals surface area contributed by atoms with Gasteiger partial charge in [-0.1, -0.05) is 13.8 Å². The molecule has 3 heteroatoms. The normalized spacial score (nSPS) is 35.8. The van der Waals surface area contributed by atoms with Crippen LogP contribution in [0.3, 0.4) is 0 Å². The molecule has 2 rings (SSSR count). The van der Waals surface area contributed by atoms with E-state index in [1.165, 1.54) is 45.2 Å². The molecule has 1 aliphatic heterocycles. The Bertz CT molecular complexity index is 229. The number of hydrogen-bond donors (Lipinski definition) is 1. The highest BCUT2D eigenvalue weighted by Gasteiger charge is 2.30. The second-order valence-corrected chi connectivity index (χ2v) is 6.47. The van der Waals surface area contributed by atoms with Gasteiger partial charge in [-0.15, -0.1) is 0 Å². The van der Waals surface area contributed by atoms with Crippen molar-refractivity contribution in [1.29, 1.82) is 0 Å². The third-order valence-electron chi connectivity index (χ3n) is 4.62. The number of piperidine rings is 1. The van der Waals surface area contributed by atoms with Gasteiger partial charge in [0.05, 0.1) is 12.7 Å². The number of hydrogen-bond acceptors (Lipinski definition) is 3. The fraction of sp³-hybridized carbons (Fsp3) is 1.00. The van der Waals surface area contributed by atoms with Gasteiger partial charge < -0.3 is 15.4 Å². The molecule has 0 aromatic heterocycles. The summed E-state index contributed by atoms with van der Waals surface area (Å²) in [5.74, 6) is 1.81. The van der Waals surface area contributed by atoms with Gasteiger partial charge in [-0.2, -0.15) is 0 Å². The van der Waals surface area contributed by atoms with Crippen LogP contribution in [0.25, 0.3) is 0 Å². The Morgan fingerprint density at radius 3 is 2.22 bits per heavy atom. The molecular formula is C15H30N2O. The Hall–Kier alpha value is -0.120. The van der Waals surface area contributed by atoms with Crippen molar-refractivity contribution in [3.63, 3.8) is 0 Å². The molecule has 1 saturated carbocycles. The SMILES string of the molecule is CC1CC(C)CC(N2CCC(OCCN)CC2)C1. The summed E-state index contributed by atoms with van der Waals surface area (Å²) in [5, 5.41) is 0. The second kappa shape index (κ2) is 6.88. The van der Waals surface area contributed by atoms with Gasteiger partial charge in [-0.05, 0) is 43.9 Å². The van der Waals surface area contributed by atoms with Gasteiger partial charge in [0.25, 0.3) is 0 Å². The summed E-state index contributed by atoms with van der Waals surface area (Å²) in [7, 11) is 0. The molecule has 0 spiro atoms. The van der Waals surface area contributed by atoms with E-state index in [1.54, 1.807) is 0 Å². The van der Waals surface area contributed by atoms with Crippen LogP contribution in [0.5, 0.6) is 0 Å². The highest BCUT2D eigenvalue weighted by atomic mass is 16.5. The third kappa shape index (κ3) is 3.94. The molecule has 2 N–H and O–H groups in total. The smallest absolute Gasteiger partial charge is 0.0600 e. The molecule has 0 radical (unpaired) electrons. The quantitative estimate of drug-likeness (QED) is 0.836. The van der Waals surface area contributed by atoms with Gasteiger partial charge in [-0.25, -0.2) is 0 Å². The summed E-state index contributed by atoms with van der Waals surface area (Å²) in [4.78, 5) is 2.72. The number of likely N-dealkylation sites (tertiary alicyclic amines) is 1. The lowest BCUT2D eigenvalue weighted by atomic mass is 9.79. The van der Waals surface area contributed by atoms with Crippen LogP contribution in [0.1, 0.15) is 46.0 Å². The van der Waals surface area contributed by atoms with Gasteiger partial charge in [0.2, 0.25) is 0 Å². The van der Waals surface area contributed by atoms with Gasteiger partial charge in [0.1, 0.15) is 0 Å². The molecule has 1 heterocycles. The highest BCUT2D eigenvalue weighted by molar-refractivity contribution is 4.85. The monoisotopic (exact) mass is 254 g/mol. The van der Waals surface area contributed by atoms with Crippen molar-refractivity contribution in [1.82, 2.24) is 4.90 Å². The zero-order valence-corrected chi connectivity index (χ0v) is 12.1. The van der Waals surface area contributed by atoms with Gasteiger partial charge in [-0.3, -0.25) is 0 Å². The molecule has 2 aliphatic rings. The minimum atomic E-state index is 0.461. The minimum Gasteiger partial charge on any atom is -0.377 e. The topological polar surface area (TPSA) is 38.5 Å². The molecule has 18 heavy (non-hydrogen) atoms. The molecular weight excluding hydrogens is 224 g/mol. The molecule has 1 saturated heterocycles. The Morgan fingerprint density at radius 1 is 1.06 bits per heavy atom. The van der Waals surface area contributed by atoms with Crippen LogP contribution in [0.4, 0.5) is 0 Å². The molecule has 0 aromatic rings. The predicted molar refractivity (Wildman–Crippen MR) is 75.6 cm³/mol. The zero-order valence-electron chi connectivity index (χ0n) is 12.1. The minimum absolute atomic E-state index is 0.461. The number of nitrogens with zero attached hydrogens (tertiary/aromatic N) is 1. The van der Waals surface area contributed by atoms with Crippen molar-refractivity contribution in [3.05, 3.63) is 0 Å². The molecule has 2 unspecified atom stereocenters. The van der Waals surface area contributed by atoms with E-state index in [0.29, 0.717) is 12.6 Å². The van der Waals surface area contributed by atoms with E-state index in [9.17, 15) is 0 Å². The van der Waals surface area contributed by atoms with Crippen LogP contribution in [0.2, 0.25) is 0 Å². The van der Waals surface area contributed by atoms with E-state index >= 15 is 0 Å². The maximum atomic E-state index is 5.76. The summed E-state index contributed by atoms with van der Waals surface area (Å²) in [5.41, 5.74) is 5.49. The van der Waals surface area contributed by atoms with Gasteiger partial charge in [0.15, 0.2) is 0 Å². The van der Waals surface area contributed by atoms with Crippen LogP contribution in [0.15, 0.2) is 0 Å². The number of rotatable bonds is 4. The number of nitrogens with two attached hydrogens (primary N) is 1. The lowest BCUT2D eigenvalue weighted by molar-refractivity contribution is -0.00845. The lowest BCUT2D eigenvalue weighted by Crippen LogP contribution is -2.46. The molecule has 0 bridgehead atoms. The standard InChI is InChI=1S/C15H30N2O/c1-12-9-13(2)11-14(10-12)17-6-3-15(4-7-17)18-8-5-16/h12-15H,3-11,16H2,1-2H3. The predicted octanol–water partition coefficient (Wildman–Crippen LogP) is 2.25. The van der Waals surface area contributed by atoms with Crippen LogP contribution in [0, 0.1) is 11.8 Å². The van der Waals surface area contributed by atoms with E-state index in [4.69, 9.17) is 10.5 Å². The van der Waals surface area contributed by atoms with Crippen LogP contribution in [-0.2, 0) is 4.74 Å². The summed E-state index contributed by atoms with van der Waals surface area (Å²) >= 11 is 0. The summed E-state index contributed by atoms with van der Waals surface area (Å²) in [6.07, 6.45) is 7.07. The highest BCUT2D eigenvalue weighted by Crippen LogP contribution is 2.32. The first kappa shape index (κ1) is 14.3. The molecule has 2 fully saturated rings. The molecule has 0 aromatic carbocycles. The Balaban J connectivity index is 1.75. The lowest BCUT2D eigenvalue weighted by Gasteiger charge is -2.42. The average Bonchev–Trinajstić information content (AvgIpc) is 2.36. The van der Waals surface area contributed by atoms with Crippen molar-refractivity contribution >= 4 is 0 Å². The van der Waals surface area contributed by atoms with Crippen LogP contribution < -0.4 is 5.73 Å². The van der Waals surface area contributed by atoms with Crippen LogP contribution >= 0.6 is 0 Å². The van der Waals surface area contributed by atoms with E-state index < -0.39 is 0 Å². The van der Waals surface area contributed by atoms with Crippen molar-refractivity contribution in [3.8, 4) is 0 Å². The Labute approximate surface area is 112 Å². The Kier molecular flexibility index (Phi) is 5.46. The zero-order chi connectivity index (χ0) is 13.0. The first-order valence-corrected chi connectivity index (χ1v) is 7.74. The fourth-order valence-electron chi connectivity index (χ4n) is 3.84. The molecule has 2 atom stereocenters. The summed E-state index contributed by atoms with van der Waals surface area (Å²) in [6.45, 7) is 8.65. The molecule has 3 nitrogen and oxygen atoms in total. The molecule has 1 aliphatic carbocycles. The third-order valence-corrected chi connectivity index (χ3v) is 4.62. The van der Waals surface area contributed by atoms with E-state index in [2.05, 4.69) is 18.7 Å². The van der Waals surface area contributed by atoms with E-state index in [-0.39, 0.29) is 0 Å². The average molecular weight is 254 g/mol. The van der Waals surface area contributed by atoms with Crippen molar-refractivity contribution < 1.29 is 4.74 Å². The van der Waals surface area contributed by atoms with E-state index in [0.717, 1.165) is 24.5 Å². The van der Waals surface area contributed by atoms with Gasteiger partial charge >= 0.3 is 0 Å². The summed E-state index contributed by atoms with van der Waals surface area (Å²) in [6, 6.07) is 0.833. The Morgan fingerprint density at radius 2 is 1.67 bits per heavy atom. The fourth-order valence-corrected chi connectivity index (χ4v) is 3.84. The molecule has 106 valence electrons. The van der Waals surface area contributed by atoms with Crippen molar-refractivity contribution in [2.24, 2.45) is 17.6 Å². The van der Waals surface area contributed by atoms with Crippen molar-refractivity contribution in [2.45, 2.75) is 58.1 Å². The first-order valence-electron chi connectivity index (χ1n) is 7.74. The largest absolute Gasteiger partial charge is 0.377 e. The summed E-state index contributed by atoms with van der Waals surface area (Å²) < 4.78 is 5.76. The van der Waals surface area contributed by atoms with Gasteiger partial charge in [0, 0.05) is 25.7 Å². The van der Waals surface area contributed by atoms with Crippen LogP contribution in [-0.4, -0.2) is 43.3 Å². The van der Waals surface area contributed by atoms with Crippen molar-refractivity contribution in [2.75, 3.05) is 26.2 Å². The first-order chi connectivity index (χ1) is 8.69. The maximum Gasteiger partial charge on any atom is 0.0600 e.